The van der Waals surface area contributed by atoms with Gasteiger partial charge in [-0.25, -0.2) is 17.9 Å². The van der Waals surface area contributed by atoms with Crippen LogP contribution in [-0.4, -0.2) is 66.2 Å². The van der Waals surface area contributed by atoms with Crippen LogP contribution < -0.4 is 0 Å². The molecule has 0 saturated carbocycles. The van der Waals surface area contributed by atoms with Crippen LogP contribution in [0.1, 0.15) is 12.0 Å². The number of hydrogen-bond acceptors (Lipinski definition) is 7. The number of carbonyl (C=O) groups excluding carboxylic acids is 2. The van der Waals surface area contributed by atoms with E-state index in [4.69, 9.17) is 9.15 Å². The number of para-hydroxylation sites is 2. The molecule has 1 amide bonds. The molecule has 0 bridgehead atoms. The number of sulfone groups is 1. The first-order valence-electron chi connectivity index (χ1n) is 11.7. The SMILES string of the molecule is CN(C(=O)COC(=O)/C=C/c1cn(-c2ccccc2)nc1-c1cc2ccccc2o1)C1CCS(=O)(=O)C1. The molecule has 5 rings (SSSR count). The summed E-state index contributed by atoms with van der Waals surface area (Å²) in [4.78, 5) is 26.2. The average Bonchev–Trinajstić information content (AvgIpc) is 3.62. The van der Waals surface area contributed by atoms with Gasteiger partial charge in [0.25, 0.3) is 5.91 Å². The second-order valence-corrected chi connectivity index (χ2v) is 11.1. The Hall–Kier alpha value is -4.18. The van der Waals surface area contributed by atoms with Gasteiger partial charge in [-0.15, -0.1) is 0 Å². The molecule has 190 valence electrons. The highest BCUT2D eigenvalue weighted by atomic mass is 32.2. The van der Waals surface area contributed by atoms with Crippen LogP contribution in [0.2, 0.25) is 0 Å². The van der Waals surface area contributed by atoms with Gasteiger partial charge in [0.1, 0.15) is 11.3 Å². The van der Waals surface area contributed by atoms with E-state index < -0.39 is 34.4 Å². The molecule has 1 aliphatic rings. The number of amides is 1. The molecule has 0 spiro atoms. The van der Waals surface area contributed by atoms with Gasteiger partial charge >= 0.3 is 5.97 Å². The molecule has 9 nitrogen and oxygen atoms in total. The third-order valence-corrected chi connectivity index (χ3v) is 8.06. The smallest absolute Gasteiger partial charge is 0.331 e. The van der Waals surface area contributed by atoms with E-state index in [0.29, 0.717) is 23.4 Å². The van der Waals surface area contributed by atoms with Crippen molar-refractivity contribution in [3.05, 3.63) is 78.5 Å². The van der Waals surface area contributed by atoms with Crippen LogP contribution >= 0.6 is 0 Å². The summed E-state index contributed by atoms with van der Waals surface area (Å²) < 4.78 is 36.2. The lowest BCUT2D eigenvalue weighted by Gasteiger charge is -2.22. The van der Waals surface area contributed by atoms with Gasteiger partial charge in [0, 0.05) is 36.3 Å². The summed E-state index contributed by atoms with van der Waals surface area (Å²) in [6.45, 7) is -0.476. The van der Waals surface area contributed by atoms with Crippen molar-refractivity contribution in [1.29, 1.82) is 0 Å². The second-order valence-electron chi connectivity index (χ2n) is 8.86. The summed E-state index contributed by atoms with van der Waals surface area (Å²) >= 11 is 0. The van der Waals surface area contributed by atoms with Crippen molar-refractivity contribution in [3.8, 4) is 17.1 Å². The van der Waals surface area contributed by atoms with Gasteiger partial charge in [-0.1, -0.05) is 36.4 Å². The van der Waals surface area contributed by atoms with Gasteiger partial charge in [-0.05, 0) is 36.8 Å². The lowest BCUT2D eigenvalue weighted by Crippen LogP contribution is -2.40. The number of ether oxygens (including phenoxy) is 1. The number of esters is 1. The predicted molar refractivity (Wildman–Crippen MR) is 139 cm³/mol. The van der Waals surface area contributed by atoms with Crippen molar-refractivity contribution >= 4 is 38.8 Å². The van der Waals surface area contributed by atoms with E-state index in [2.05, 4.69) is 5.10 Å². The number of carbonyl (C=O) groups is 2. The molecule has 0 aliphatic carbocycles. The molecule has 1 aliphatic heterocycles. The standard InChI is InChI=1S/C27H25N3O6S/c1-29(22-13-14-37(33,34)18-22)25(31)17-35-26(32)12-11-20-16-30(21-8-3-2-4-9-21)28-27(20)24-15-19-7-5-6-10-23(19)36-24/h2-12,15-16,22H,13-14,17-18H2,1H3/b12-11+. The molecule has 2 aromatic carbocycles. The first-order chi connectivity index (χ1) is 17.8. The monoisotopic (exact) mass is 519 g/mol. The highest BCUT2D eigenvalue weighted by Gasteiger charge is 2.32. The molecule has 1 unspecified atom stereocenters. The number of fused-ring (bicyclic) bond motifs is 1. The number of likely N-dealkylation sites (N-methyl/N-ethyl adjacent to an activating group) is 1. The lowest BCUT2D eigenvalue weighted by atomic mass is 10.2. The maximum Gasteiger partial charge on any atom is 0.331 e. The Labute approximate surface area is 213 Å². The first-order valence-corrected chi connectivity index (χ1v) is 13.6. The van der Waals surface area contributed by atoms with Gasteiger partial charge in [0.05, 0.1) is 17.2 Å². The van der Waals surface area contributed by atoms with Crippen molar-refractivity contribution in [2.75, 3.05) is 25.2 Å². The lowest BCUT2D eigenvalue weighted by molar-refractivity contribution is -0.148. The summed E-state index contributed by atoms with van der Waals surface area (Å²) in [5, 5.41) is 5.62. The fourth-order valence-corrected chi connectivity index (χ4v) is 6.01. The summed E-state index contributed by atoms with van der Waals surface area (Å²) in [5.41, 5.74) is 2.73. The maximum absolute atomic E-state index is 12.4. The molecule has 0 radical (unpaired) electrons. The molecular weight excluding hydrogens is 494 g/mol. The van der Waals surface area contributed by atoms with E-state index in [1.807, 2.05) is 60.7 Å². The molecule has 1 fully saturated rings. The Morgan fingerprint density at radius 2 is 1.92 bits per heavy atom. The summed E-state index contributed by atoms with van der Waals surface area (Å²) in [7, 11) is -1.60. The van der Waals surface area contributed by atoms with Crippen LogP contribution in [0, 0.1) is 0 Å². The van der Waals surface area contributed by atoms with Crippen molar-refractivity contribution in [2.24, 2.45) is 0 Å². The normalized spacial score (nSPS) is 16.8. The number of rotatable bonds is 7. The van der Waals surface area contributed by atoms with Crippen molar-refractivity contribution in [3.63, 3.8) is 0 Å². The quantitative estimate of drug-likeness (QED) is 0.271. The van der Waals surface area contributed by atoms with Crippen LogP contribution in [0.5, 0.6) is 0 Å². The Kier molecular flexibility index (Phi) is 6.66. The van der Waals surface area contributed by atoms with Gasteiger partial charge in [-0.2, -0.15) is 5.10 Å². The summed E-state index contributed by atoms with van der Waals surface area (Å²) in [6.07, 6.45) is 4.95. The zero-order valence-electron chi connectivity index (χ0n) is 20.1. The Morgan fingerprint density at radius 3 is 2.65 bits per heavy atom. The highest BCUT2D eigenvalue weighted by Crippen LogP contribution is 2.30. The Bertz CT molecular complexity index is 1550. The van der Waals surface area contributed by atoms with Gasteiger partial charge in [0.2, 0.25) is 0 Å². The van der Waals surface area contributed by atoms with Crippen LogP contribution in [0.15, 0.2) is 77.4 Å². The number of nitrogens with zero attached hydrogens (tertiary/aromatic N) is 3. The molecule has 0 N–H and O–H groups in total. The topological polar surface area (TPSA) is 112 Å². The fraction of sp³-hybridized carbons (Fsp3) is 0.222. The zero-order valence-corrected chi connectivity index (χ0v) is 20.9. The molecule has 4 aromatic rings. The number of benzene rings is 2. The molecule has 37 heavy (non-hydrogen) atoms. The summed E-state index contributed by atoms with van der Waals surface area (Å²) in [5.74, 6) is -0.624. The Morgan fingerprint density at radius 1 is 1.16 bits per heavy atom. The minimum Gasteiger partial charge on any atom is -0.454 e. The number of aromatic nitrogens is 2. The van der Waals surface area contributed by atoms with E-state index in [9.17, 15) is 18.0 Å². The minimum atomic E-state index is -3.13. The first kappa shape index (κ1) is 24.5. The van der Waals surface area contributed by atoms with E-state index in [0.717, 1.165) is 16.7 Å². The van der Waals surface area contributed by atoms with Gasteiger partial charge in [0.15, 0.2) is 22.2 Å². The largest absolute Gasteiger partial charge is 0.454 e. The van der Waals surface area contributed by atoms with E-state index >= 15 is 0 Å². The van der Waals surface area contributed by atoms with Crippen LogP contribution in [0.4, 0.5) is 0 Å². The number of furan rings is 1. The van der Waals surface area contributed by atoms with Gasteiger partial charge < -0.3 is 14.1 Å². The second kappa shape index (κ2) is 10.1. The van der Waals surface area contributed by atoms with Crippen LogP contribution in [-0.2, 0) is 24.2 Å². The van der Waals surface area contributed by atoms with Crippen molar-refractivity contribution in [1.82, 2.24) is 14.7 Å². The predicted octanol–water partition coefficient (Wildman–Crippen LogP) is 3.49. The third-order valence-electron chi connectivity index (χ3n) is 6.31. The Balaban J connectivity index is 1.32. The summed E-state index contributed by atoms with van der Waals surface area (Å²) in [6, 6.07) is 18.7. The molecule has 10 heteroatoms. The van der Waals surface area contributed by atoms with Crippen LogP contribution in [0.3, 0.4) is 0 Å². The minimum absolute atomic E-state index is 0.0576. The molecule has 2 aromatic heterocycles. The number of hydrogen-bond donors (Lipinski definition) is 0. The molecule has 3 heterocycles. The third kappa shape index (κ3) is 5.49. The molecule has 1 saturated heterocycles. The molecular formula is C27H25N3O6S. The zero-order chi connectivity index (χ0) is 26.0. The highest BCUT2D eigenvalue weighted by molar-refractivity contribution is 7.91. The van der Waals surface area contributed by atoms with E-state index in [1.165, 1.54) is 18.0 Å². The van der Waals surface area contributed by atoms with Crippen molar-refractivity contribution < 1.29 is 27.2 Å². The van der Waals surface area contributed by atoms with Gasteiger partial charge in [-0.3, -0.25) is 4.79 Å². The maximum atomic E-state index is 12.4. The van der Waals surface area contributed by atoms with Crippen LogP contribution in [0.25, 0.3) is 34.2 Å². The molecule has 1 atom stereocenters. The van der Waals surface area contributed by atoms with Crippen molar-refractivity contribution in [2.45, 2.75) is 12.5 Å². The average molecular weight is 520 g/mol. The fourth-order valence-electron chi connectivity index (χ4n) is 4.24. The van der Waals surface area contributed by atoms with E-state index in [-0.39, 0.29) is 11.5 Å². The van der Waals surface area contributed by atoms with E-state index in [1.54, 1.807) is 17.0 Å².